The summed E-state index contributed by atoms with van der Waals surface area (Å²) in [7, 11) is 0. The number of hydrogen-bond acceptors (Lipinski definition) is 2. The van der Waals surface area contributed by atoms with Crippen LogP contribution in [0.5, 0.6) is 5.75 Å². The number of nitrogens with two attached hydrogens (primary N) is 1. The third kappa shape index (κ3) is 3.49. The van der Waals surface area contributed by atoms with Crippen LogP contribution in [0.3, 0.4) is 0 Å². The molecular formula is C16H25NO. The molecule has 2 rings (SSSR count). The van der Waals surface area contributed by atoms with Crippen LogP contribution in [0.15, 0.2) is 24.3 Å². The number of ether oxygens (including phenoxy) is 1. The average molecular weight is 247 g/mol. The van der Waals surface area contributed by atoms with Gasteiger partial charge in [-0.3, -0.25) is 0 Å². The maximum absolute atomic E-state index is 6.42. The maximum atomic E-state index is 6.42. The molecule has 2 heteroatoms. The summed E-state index contributed by atoms with van der Waals surface area (Å²) in [6, 6.07) is 8.52. The molecule has 1 atom stereocenters. The summed E-state index contributed by atoms with van der Waals surface area (Å²) in [5.41, 5.74) is 7.68. The van der Waals surface area contributed by atoms with E-state index in [1.54, 1.807) is 0 Å². The first-order valence-corrected chi connectivity index (χ1v) is 7.29. The van der Waals surface area contributed by atoms with Gasteiger partial charge in [0, 0.05) is 6.04 Å². The Bertz CT molecular complexity index is 339. The molecule has 1 aromatic carbocycles. The lowest BCUT2D eigenvalue weighted by Gasteiger charge is -2.22. The van der Waals surface area contributed by atoms with Crippen molar-refractivity contribution in [1.82, 2.24) is 0 Å². The molecule has 0 bridgehead atoms. The minimum absolute atomic E-state index is 0.193. The lowest BCUT2D eigenvalue weighted by atomic mass is 9.88. The van der Waals surface area contributed by atoms with Crippen LogP contribution in [0, 0.1) is 5.92 Å². The molecule has 1 fully saturated rings. The van der Waals surface area contributed by atoms with Crippen LogP contribution in [0.1, 0.15) is 57.1 Å². The lowest BCUT2D eigenvalue weighted by Crippen LogP contribution is -2.21. The fourth-order valence-corrected chi connectivity index (χ4v) is 2.90. The summed E-state index contributed by atoms with van der Waals surface area (Å²) in [5.74, 6) is 1.60. The largest absolute Gasteiger partial charge is 0.494 e. The van der Waals surface area contributed by atoms with Crippen LogP contribution in [0.25, 0.3) is 0 Å². The van der Waals surface area contributed by atoms with Gasteiger partial charge in [0.05, 0.1) is 6.61 Å². The summed E-state index contributed by atoms with van der Waals surface area (Å²) in [5, 5.41) is 0. The van der Waals surface area contributed by atoms with Crippen molar-refractivity contribution in [2.24, 2.45) is 11.7 Å². The van der Waals surface area contributed by atoms with Crippen molar-refractivity contribution in [3.63, 3.8) is 0 Å². The molecule has 1 aromatic rings. The van der Waals surface area contributed by atoms with E-state index < -0.39 is 0 Å². The van der Waals surface area contributed by atoms with Crippen LogP contribution < -0.4 is 10.5 Å². The van der Waals surface area contributed by atoms with E-state index in [0.29, 0.717) is 12.5 Å². The van der Waals surface area contributed by atoms with E-state index in [9.17, 15) is 0 Å². The fourth-order valence-electron chi connectivity index (χ4n) is 2.90. The summed E-state index contributed by atoms with van der Waals surface area (Å²) in [6.45, 7) is 2.72. The monoisotopic (exact) mass is 247 g/mol. The lowest BCUT2D eigenvalue weighted by molar-refractivity contribution is 0.339. The van der Waals surface area contributed by atoms with Crippen LogP contribution in [-0.4, -0.2) is 6.61 Å². The Kier molecular flexibility index (Phi) is 5.06. The summed E-state index contributed by atoms with van der Waals surface area (Å²) in [6.07, 6.45) is 8.02. The summed E-state index contributed by atoms with van der Waals surface area (Å²) >= 11 is 0. The van der Waals surface area contributed by atoms with E-state index >= 15 is 0 Å². The van der Waals surface area contributed by atoms with E-state index in [0.717, 1.165) is 5.75 Å². The molecule has 18 heavy (non-hydrogen) atoms. The Morgan fingerprint density at radius 3 is 2.28 bits per heavy atom. The quantitative estimate of drug-likeness (QED) is 0.814. The number of benzene rings is 1. The molecule has 0 aliphatic heterocycles. The third-order valence-corrected chi connectivity index (χ3v) is 3.98. The first-order chi connectivity index (χ1) is 8.81. The van der Waals surface area contributed by atoms with E-state index in [4.69, 9.17) is 10.5 Å². The van der Waals surface area contributed by atoms with Crippen LogP contribution in [-0.2, 0) is 0 Å². The molecule has 1 saturated carbocycles. The Balaban J connectivity index is 2.00. The maximum Gasteiger partial charge on any atom is 0.119 e. The zero-order valence-corrected chi connectivity index (χ0v) is 11.4. The Hall–Kier alpha value is -1.02. The minimum atomic E-state index is 0.193. The summed E-state index contributed by atoms with van der Waals surface area (Å²) in [4.78, 5) is 0. The smallest absolute Gasteiger partial charge is 0.119 e. The minimum Gasteiger partial charge on any atom is -0.494 e. The Labute approximate surface area is 111 Å². The van der Waals surface area contributed by atoms with Crippen LogP contribution >= 0.6 is 0 Å². The van der Waals surface area contributed by atoms with Crippen molar-refractivity contribution in [1.29, 1.82) is 0 Å². The van der Waals surface area contributed by atoms with Gasteiger partial charge < -0.3 is 10.5 Å². The third-order valence-electron chi connectivity index (χ3n) is 3.98. The highest BCUT2D eigenvalue weighted by Crippen LogP contribution is 2.32. The van der Waals surface area contributed by atoms with Gasteiger partial charge in [-0.1, -0.05) is 37.8 Å². The molecule has 0 aromatic heterocycles. The number of rotatable bonds is 4. The van der Waals surface area contributed by atoms with Gasteiger partial charge in [0.25, 0.3) is 0 Å². The molecule has 0 radical (unpaired) electrons. The molecule has 0 amide bonds. The first-order valence-electron chi connectivity index (χ1n) is 7.29. The summed E-state index contributed by atoms with van der Waals surface area (Å²) < 4.78 is 5.47. The normalized spacial score (nSPS) is 19.2. The molecule has 0 spiro atoms. The van der Waals surface area contributed by atoms with Crippen molar-refractivity contribution in [2.75, 3.05) is 6.61 Å². The molecule has 2 N–H and O–H groups in total. The van der Waals surface area contributed by atoms with E-state index in [1.807, 2.05) is 19.1 Å². The molecule has 1 aliphatic rings. The highest BCUT2D eigenvalue weighted by molar-refractivity contribution is 5.29. The van der Waals surface area contributed by atoms with Gasteiger partial charge in [-0.05, 0) is 43.4 Å². The second-order valence-electron chi connectivity index (χ2n) is 5.28. The molecular weight excluding hydrogens is 222 g/mol. The SMILES string of the molecule is CCOc1ccc(C(N)C2CCCCCC2)cc1. The van der Waals surface area contributed by atoms with Crippen molar-refractivity contribution in [2.45, 2.75) is 51.5 Å². The van der Waals surface area contributed by atoms with Gasteiger partial charge in [0.1, 0.15) is 5.75 Å². The van der Waals surface area contributed by atoms with Crippen LogP contribution in [0.2, 0.25) is 0 Å². The van der Waals surface area contributed by atoms with Crippen LogP contribution in [0.4, 0.5) is 0 Å². The second kappa shape index (κ2) is 6.79. The van der Waals surface area contributed by atoms with Crippen molar-refractivity contribution >= 4 is 0 Å². The van der Waals surface area contributed by atoms with Crippen molar-refractivity contribution in [3.05, 3.63) is 29.8 Å². The fraction of sp³-hybridized carbons (Fsp3) is 0.625. The second-order valence-corrected chi connectivity index (χ2v) is 5.28. The standard InChI is InChI=1S/C16H25NO/c1-2-18-15-11-9-14(10-12-15)16(17)13-7-5-3-4-6-8-13/h9-13,16H,2-8,17H2,1H3. The molecule has 100 valence electrons. The average Bonchev–Trinajstić information content (AvgIpc) is 2.68. The van der Waals surface area contributed by atoms with E-state index in [2.05, 4.69) is 12.1 Å². The van der Waals surface area contributed by atoms with Gasteiger partial charge in [-0.15, -0.1) is 0 Å². The Morgan fingerprint density at radius 2 is 1.72 bits per heavy atom. The highest BCUT2D eigenvalue weighted by atomic mass is 16.5. The molecule has 0 saturated heterocycles. The van der Waals surface area contributed by atoms with Gasteiger partial charge in [-0.25, -0.2) is 0 Å². The zero-order valence-electron chi connectivity index (χ0n) is 11.4. The zero-order chi connectivity index (χ0) is 12.8. The van der Waals surface area contributed by atoms with Gasteiger partial charge in [0.15, 0.2) is 0 Å². The number of hydrogen-bond donors (Lipinski definition) is 1. The highest BCUT2D eigenvalue weighted by Gasteiger charge is 2.20. The molecule has 1 unspecified atom stereocenters. The predicted octanol–water partition coefficient (Wildman–Crippen LogP) is 4.06. The van der Waals surface area contributed by atoms with Crippen molar-refractivity contribution in [3.8, 4) is 5.75 Å². The predicted molar refractivity (Wildman–Crippen MR) is 75.7 cm³/mol. The molecule has 2 nitrogen and oxygen atoms in total. The van der Waals surface area contributed by atoms with Gasteiger partial charge in [0.2, 0.25) is 0 Å². The van der Waals surface area contributed by atoms with Gasteiger partial charge >= 0.3 is 0 Å². The first kappa shape index (κ1) is 13.4. The van der Waals surface area contributed by atoms with E-state index in [-0.39, 0.29) is 6.04 Å². The molecule has 0 heterocycles. The Morgan fingerprint density at radius 1 is 1.11 bits per heavy atom. The molecule has 1 aliphatic carbocycles. The topological polar surface area (TPSA) is 35.2 Å². The van der Waals surface area contributed by atoms with E-state index in [1.165, 1.54) is 44.1 Å². The van der Waals surface area contributed by atoms with Gasteiger partial charge in [-0.2, -0.15) is 0 Å². The van der Waals surface area contributed by atoms with Crippen molar-refractivity contribution < 1.29 is 4.74 Å².